The Balaban J connectivity index is 1.73. The van der Waals surface area contributed by atoms with E-state index < -0.39 is 0 Å². The van der Waals surface area contributed by atoms with Crippen molar-refractivity contribution in [1.29, 1.82) is 0 Å². The third kappa shape index (κ3) is 2.73. The van der Waals surface area contributed by atoms with Gasteiger partial charge < -0.3 is 16.4 Å². The van der Waals surface area contributed by atoms with Crippen molar-refractivity contribution < 1.29 is 0 Å². The van der Waals surface area contributed by atoms with E-state index in [9.17, 15) is 0 Å². The highest BCUT2D eigenvalue weighted by Crippen LogP contribution is 2.32. The predicted molar refractivity (Wildman–Crippen MR) is 92.8 cm³/mol. The highest BCUT2D eigenvalue weighted by Gasteiger charge is 2.22. The molecule has 4 rings (SSSR count). The highest BCUT2D eigenvalue weighted by atomic mass is 32.2. The van der Waals surface area contributed by atoms with Crippen LogP contribution in [0.4, 0.5) is 11.6 Å². The van der Waals surface area contributed by atoms with E-state index in [2.05, 4.69) is 22.1 Å². The molecule has 1 aliphatic heterocycles. The molecule has 0 amide bonds. The molecule has 1 atom stereocenters. The van der Waals surface area contributed by atoms with Gasteiger partial charge in [-0.25, -0.2) is 4.98 Å². The smallest absolute Gasteiger partial charge is 0.173 e. The molecule has 0 aliphatic carbocycles. The van der Waals surface area contributed by atoms with Gasteiger partial charge >= 0.3 is 0 Å². The van der Waals surface area contributed by atoms with E-state index in [0.717, 1.165) is 40.8 Å². The normalized spacial score (nSPS) is 18.0. The minimum atomic E-state index is 0.206. The van der Waals surface area contributed by atoms with Crippen LogP contribution in [0.5, 0.6) is 0 Å². The third-order valence-corrected chi connectivity index (χ3v) is 4.99. The lowest BCUT2D eigenvalue weighted by Gasteiger charge is -2.17. The summed E-state index contributed by atoms with van der Waals surface area (Å²) >= 11 is 1.64. The number of aromatic nitrogens is 3. The lowest BCUT2D eigenvalue weighted by Crippen LogP contribution is -2.27. The molecule has 0 unspecified atom stereocenters. The summed E-state index contributed by atoms with van der Waals surface area (Å²) in [4.78, 5) is 9.11. The molecule has 118 valence electrons. The second-order valence-electron chi connectivity index (χ2n) is 5.69. The number of hydrogen-bond acceptors (Lipinski definition) is 6. The molecule has 0 radical (unpaired) electrons. The van der Waals surface area contributed by atoms with Gasteiger partial charge in [0.15, 0.2) is 5.65 Å². The fourth-order valence-electron chi connectivity index (χ4n) is 2.80. The fourth-order valence-corrected chi connectivity index (χ4v) is 3.67. The zero-order chi connectivity index (χ0) is 15.8. The molecule has 23 heavy (non-hydrogen) atoms. The molecule has 0 spiro atoms. The van der Waals surface area contributed by atoms with Gasteiger partial charge in [-0.1, -0.05) is 30.0 Å². The van der Waals surface area contributed by atoms with Crippen LogP contribution in [-0.4, -0.2) is 33.7 Å². The average molecular weight is 326 g/mol. The molecule has 0 saturated carbocycles. The second-order valence-corrected chi connectivity index (χ2v) is 6.81. The molecule has 2 aromatic heterocycles. The van der Waals surface area contributed by atoms with E-state index in [1.54, 1.807) is 16.3 Å². The number of rotatable bonds is 3. The van der Waals surface area contributed by atoms with Gasteiger partial charge in [0.25, 0.3) is 0 Å². The minimum absolute atomic E-state index is 0.206. The van der Waals surface area contributed by atoms with Crippen LogP contribution in [0.15, 0.2) is 52.4 Å². The summed E-state index contributed by atoms with van der Waals surface area (Å²) in [6.07, 6.45) is 2.80. The SMILES string of the molecule is Nc1cc(N2CC[C@H](N)C2)nc2c(Sc3ccccc3)cnn12. The van der Waals surface area contributed by atoms with Crippen molar-refractivity contribution in [3.63, 3.8) is 0 Å². The number of anilines is 2. The van der Waals surface area contributed by atoms with E-state index in [1.807, 2.05) is 30.5 Å². The summed E-state index contributed by atoms with van der Waals surface area (Å²) in [5, 5.41) is 4.36. The van der Waals surface area contributed by atoms with E-state index in [4.69, 9.17) is 16.5 Å². The van der Waals surface area contributed by atoms with E-state index in [1.165, 1.54) is 0 Å². The molecule has 1 saturated heterocycles. The topological polar surface area (TPSA) is 85.5 Å². The van der Waals surface area contributed by atoms with E-state index in [0.29, 0.717) is 5.82 Å². The monoisotopic (exact) mass is 326 g/mol. The highest BCUT2D eigenvalue weighted by molar-refractivity contribution is 7.99. The largest absolute Gasteiger partial charge is 0.383 e. The summed E-state index contributed by atoms with van der Waals surface area (Å²) in [5.74, 6) is 1.46. The number of benzene rings is 1. The van der Waals surface area contributed by atoms with Gasteiger partial charge in [-0.3, -0.25) is 0 Å². The standard InChI is InChI=1S/C16H18N6S/c17-11-6-7-21(10-11)15-8-14(18)22-16(20-15)13(9-19-22)23-12-4-2-1-3-5-12/h1-5,8-9,11H,6-7,10,17-18H2/t11-/m0/s1. The maximum absolute atomic E-state index is 6.16. The van der Waals surface area contributed by atoms with Gasteiger partial charge in [0.2, 0.25) is 0 Å². The van der Waals surface area contributed by atoms with Crippen molar-refractivity contribution in [1.82, 2.24) is 14.6 Å². The van der Waals surface area contributed by atoms with Gasteiger partial charge in [-0.15, -0.1) is 0 Å². The maximum Gasteiger partial charge on any atom is 0.173 e. The van der Waals surface area contributed by atoms with Crippen molar-refractivity contribution in [2.75, 3.05) is 23.7 Å². The first-order valence-electron chi connectivity index (χ1n) is 7.58. The maximum atomic E-state index is 6.16. The summed E-state index contributed by atoms with van der Waals surface area (Å²) in [6.45, 7) is 1.73. The first-order valence-corrected chi connectivity index (χ1v) is 8.40. The Morgan fingerprint density at radius 1 is 1.22 bits per heavy atom. The summed E-state index contributed by atoms with van der Waals surface area (Å²) in [6, 6.07) is 12.3. The van der Waals surface area contributed by atoms with Crippen molar-refractivity contribution >= 4 is 29.0 Å². The number of nitrogens with zero attached hydrogens (tertiary/aromatic N) is 4. The van der Waals surface area contributed by atoms with E-state index >= 15 is 0 Å². The second kappa shape index (κ2) is 5.75. The molecular formula is C16H18N6S. The van der Waals surface area contributed by atoms with Crippen molar-refractivity contribution in [3.8, 4) is 0 Å². The van der Waals surface area contributed by atoms with E-state index in [-0.39, 0.29) is 6.04 Å². The summed E-state index contributed by atoms with van der Waals surface area (Å²) in [5.41, 5.74) is 12.9. The Kier molecular flexibility index (Phi) is 3.59. The molecule has 7 heteroatoms. The molecule has 0 bridgehead atoms. The van der Waals surface area contributed by atoms with Crippen LogP contribution >= 0.6 is 11.8 Å². The van der Waals surface area contributed by atoms with Gasteiger partial charge in [0, 0.05) is 30.1 Å². The van der Waals surface area contributed by atoms with Crippen LogP contribution in [0.25, 0.3) is 5.65 Å². The number of fused-ring (bicyclic) bond motifs is 1. The van der Waals surface area contributed by atoms with Crippen molar-refractivity contribution in [2.45, 2.75) is 22.3 Å². The molecule has 1 aliphatic rings. The number of hydrogen-bond donors (Lipinski definition) is 2. The lowest BCUT2D eigenvalue weighted by atomic mass is 10.3. The lowest BCUT2D eigenvalue weighted by molar-refractivity contribution is 0.751. The first-order chi connectivity index (χ1) is 11.2. The summed E-state index contributed by atoms with van der Waals surface area (Å²) < 4.78 is 1.69. The fraction of sp³-hybridized carbons (Fsp3) is 0.250. The molecular weight excluding hydrogens is 308 g/mol. The molecule has 3 heterocycles. The van der Waals surface area contributed by atoms with Crippen LogP contribution in [0.1, 0.15) is 6.42 Å². The van der Waals surface area contributed by atoms with Gasteiger partial charge in [0.1, 0.15) is 11.6 Å². The van der Waals surface area contributed by atoms with Crippen molar-refractivity contribution in [2.24, 2.45) is 5.73 Å². The quantitative estimate of drug-likeness (QED) is 0.766. The van der Waals surface area contributed by atoms with Crippen LogP contribution in [0.3, 0.4) is 0 Å². The molecule has 3 aromatic rings. The molecule has 1 fully saturated rings. The van der Waals surface area contributed by atoms with Gasteiger partial charge in [-0.2, -0.15) is 9.61 Å². The van der Waals surface area contributed by atoms with Gasteiger partial charge in [0.05, 0.1) is 11.1 Å². The van der Waals surface area contributed by atoms with Crippen LogP contribution in [0.2, 0.25) is 0 Å². The molecule has 4 N–H and O–H groups in total. The third-order valence-electron chi connectivity index (χ3n) is 3.97. The summed E-state index contributed by atoms with van der Waals surface area (Å²) in [7, 11) is 0. The zero-order valence-electron chi connectivity index (χ0n) is 12.6. The van der Waals surface area contributed by atoms with Crippen LogP contribution in [0, 0.1) is 0 Å². The molecule has 6 nitrogen and oxygen atoms in total. The Bertz CT molecular complexity index is 831. The van der Waals surface area contributed by atoms with Gasteiger partial charge in [-0.05, 0) is 18.6 Å². The minimum Gasteiger partial charge on any atom is -0.383 e. The molecule has 1 aromatic carbocycles. The Morgan fingerprint density at radius 2 is 2.04 bits per heavy atom. The average Bonchev–Trinajstić information content (AvgIpc) is 3.16. The van der Waals surface area contributed by atoms with Crippen molar-refractivity contribution in [3.05, 3.63) is 42.6 Å². The number of nitrogens with two attached hydrogens (primary N) is 2. The Labute approximate surface area is 138 Å². The Morgan fingerprint density at radius 3 is 2.78 bits per heavy atom. The van der Waals surface area contributed by atoms with Crippen LogP contribution < -0.4 is 16.4 Å². The Hall–Kier alpha value is -2.25. The predicted octanol–water partition coefficient (Wildman–Crippen LogP) is 2.00. The number of nitrogen functional groups attached to an aromatic ring is 1. The van der Waals surface area contributed by atoms with Crippen LogP contribution in [-0.2, 0) is 0 Å². The zero-order valence-corrected chi connectivity index (χ0v) is 13.4. The first kappa shape index (κ1) is 14.3.